The summed E-state index contributed by atoms with van der Waals surface area (Å²) in [5.41, 5.74) is 3.06. The number of rotatable bonds is 8. The molecule has 0 bridgehead atoms. The third-order valence-corrected chi connectivity index (χ3v) is 6.96. The van der Waals surface area contributed by atoms with Gasteiger partial charge in [0.25, 0.3) is 0 Å². The van der Waals surface area contributed by atoms with Crippen LogP contribution in [0.4, 0.5) is 5.69 Å². The minimum atomic E-state index is -0.594. The number of carbonyl (C=O) groups is 2. The van der Waals surface area contributed by atoms with E-state index in [0.29, 0.717) is 50.0 Å². The smallest absolute Gasteiger partial charge is 0.342 e. The topological polar surface area (TPSA) is 186 Å². The van der Waals surface area contributed by atoms with E-state index >= 15 is 0 Å². The molecule has 46 heavy (non-hydrogen) atoms. The van der Waals surface area contributed by atoms with Crippen molar-refractivity contribution in [2.45, 2.75) is 20.4 Å². The summed E-state index contributed by atoms with van der Waals surface area (Å²) in [6.07, 6.45) is 1.53. The van der Waals surface area contributed by atoms with Crippen LogP contribution in [0, 0.1) is 0 Å². The van der Waals surface area contributed by atoms with Gasteiger partial charge in [0.15, 0.2) is 22.7 Å². The van der Waals surface area contributed by atoms with Crippen molar-refractivity contribution < 1.29 is 46.8 Å². The van der Waals surface area contributed by atoms with E-state index in [1.807, 2.05) is 0 Å². The molecule has 0 spiro atoms. The van der Waals surface area contributed by atoms with Crippen LogP contribution in [0.15, 0.2) is 42.2 Å². The average molecular weight is 635 g/mol. The molecule has 4 heterocycles. The van der Waals surface area contributed by atoms with Gasteiger partial charge in [0.2, 0.25) is 11.5 Å². The molecule has 0 atom stereocenters. The van der Waals surface area contributed by atoms with Gasteiger partial charge >= 0.3 is 17.6 Å². The van der Waals surface area contributed by atoms with Crippen molar-refractivity contribution in [3.8, 4) is 34.3 Å². The fourth-order valence-corrected chi connectivity index (χ4v) is 5.26. The molecule has 1 N–H and O–H groups in total. The van der Waals surface area contributed by atoms with Gasteiger partial charge in [0.1, 0.15) is 22.2 Å². The van der Waals surface area contributed by atoms with Gasteiger partial charge < -0.3 is 37.3 Å². The van der Waals surface area contributed by atoms with Crippen molar-refractivity contribution in [2.24, 2.45) is 10.2 Å². The van der Waals surface area contributed by atoms with Gasteiger partial charge in [-0.2, -0.15) is 15.3 Å². The summed E-state index contributed by atoms with van der Waals surface area (Å²) in [5.74, 6) is -0.247. The number of benzene rings is 2. The summed E-state index contributed by atoms with van der Waals surface area (Å²) < 4.78 is 42.7. The molecule has 0 fully saturated rings. The number of azo groups is 1. The van der Waals surface area contributed by atoms with E-state index in [9.17, 15) is 14.4 Å². The lowest BCUT2D eigenvalue weighted by Crippen LogP contribution is -2.13. The molecule has 3 aliphatic heterocycles. The average Bonchev–Trinajstić information content (AvgIpc) is 3.04. The molecule has 2 aromatic carbocycles. The maximum Gasteiger partial charge on any atom is 0.342 e. The molecule has 3 aromatic rings. The molecule has 0 unspecified atom stereocenters. The number of nitrogens with one attached hydrogen (secondary N) is 1. The van der Waals surface area contributed by atoms with Gasteiger partial charge in [-0.15, -0.1) is 0 Å². The number of hydrogen-bond donors (Lipinski definition) is 1. The fraction of sp³-hybridized carbons (Fsp3) is 0.290. The van der Waals surface area contributed by atoms with Crippen molar-refractivity contribution in [1.82, 2.24) is 10.2 Å². The second-order valence-electron chi connectivity index (χ2n) is 9.47. The van der Waals surface area contributed by atoms with Crippen LogP contribution in [-0.4, -0.2) is 63.8 Å². The summed E-state index contributed by atoms with van der Waals surface area (Å²) in [6, 6.07) is 2.92. The number of nitrogens with zero attached hydrogens (tertiary/aromatic N) is 3. The highest BCUT2D eigenvalue weighted by Crippen LogP contribution is 2.47. The van der Waals surface area contributed by atoms with Crippen molar-refractivity contribution in [3.05, 3.63) is 50.9 Å². The van der Waals surface area contributed by atoms with Crippen LogP contribution in [0.25, 0.3) is 39.8 Å². The Morgan fingerprint density at radius 1 is 0.870 bits per heavy atom. The zero-order chi connectivity index (χ0) is 33.1. The predicted molar refractivity (Wildman–Crippen MR) is 163 cm³/mol. The first kappa shape index (κ1) is 31.6. The number of H-pyrrole nitrogens is 1. The lowest BCUT2D eigenvalue weighted by atomic mass is 9.98. The highest BCUT2D eigenvalue weighted by molar-refractivity contribution is 6.12. The molecule has 3 aliphatic rings. The lowest BCUT2D eigenvalue weighted by molar-refractivity contribution is 0.0512. The molecule has 6 rings (SSSR count). The van der Waals surface area contributed by atoms with Crippen LogP contribution in [0.3, 0.4) is 0 Å². The lowest BCUT2D eigenvalue weighted by Gasteiger charge is -2.19. The Morgan fingerprint density at radius 2 is 1.48 bits per heavy atom. The molecule has 15 nitrogen and oxygen atoms in total. The Balaban J connectivity index is 0.000000181. The van der Waals surface area contributed by atoms with E-state index in [1.54, 1.807) is 19.9 Å². The van der Waals surface area contributed by atoms with Gasteiger partial charge in [-0.3, -0.25) is 5.10 Å². The normalized spacial score (nSPS) is 11.6. The van der Waals surface area contributed by atoms with E-state index in [1.165, 1.54) is 40.7 Å². The van der Waals surface area contributed by atoms with Crippen molar-refractivity contribution >= 4 is 46.1 Å². The van der Waals surface area contributed by atoms with Crippen LogP contribution < -0.4 is 30.0 Å². The van der Waals surface area contributed by atoms with E-state index in [0.717, 1.165) is 0 Å². The highest BCUT2D eigenvalue weighted by atomic mass is 16.5. The van der Waals surface area contributed by atoms with Crippen molar-refractivity contribution in [2.75, 3.05) is 41.7 Å². The number of aromatic amines is 1. The van der Waals surface area contributed by atoms with Gasteiger partial charge in [-0.25, -0.2) is 14.4 Å². The number of methoxy groups -OCH3 is 4. The van der Waals surface area contributed by atoms with Crippen LogP contribution >= 0.6 is 0 Å². The molecular weight excluding hydrogens is 604 g/mol. The maximum atomic E-state index is 12.4. The zero-order valence-electron chi connectivity index (χ0n) is 25.9. The Labute approximate surface area is 260 Å². The molecule has 0 amide bonds. The maximum absolute atomic E-state index is 12.4. The summed E-state index contributed by atoms with van der Waals surface area (Å²) in [7, 11) is 5.72. The Bertz CT molecular complexity index is 2090. The minimum absolute atomic E-state index is 0.144. The third kappa shape index (κ3) is 5.25. The number of esters is 2. The van der Waals surface area contributed by atoms with Gasteiger partial charge in [-0.05, 0) is 13.8 Å². The Kier molecular flexibility index (Phi) is 8.93. The molecular formula is C31H30N4O11. The van der Waals surface area contributed by atoms with Gasteiger partial charge in [0.05, 0.1) is 77.1 Å². The first-order valence-electron chi connectivity index (χ1n) is 13.9. The summed E-state index contributed by atoms with van der Waals surface area (Å²) in [5, 5.41) is 15.9. The van der Waals surface area contributed by atoms with Gasteiger partial charge in [-0.1, -0.05) is 6.58 Å². The predicted octanol–water partition coefficient (Wildman–Crippen LogP) is 4.73. The quantitative estimate of drug-likeness (QED) is 0.183. The standard InChI is InChI=1S/C16H16N2O5.C15H14N2O6/c1-5-22-16(19)12-9-7-17-18-10-6-8(2)23-14(11(9)10)15(21-4)13(12)20-3;1-4-22-15(19)11-7-6-16-17-8-5-9(18)23-13(10(7)8)14(21-3)12(11)20-2/h6-7,18H,2,5H2,1,3-4H3;5H,4,6H2,1-3H3. The fourth-order valence-electron chi connectivity index (χ4n) is 5.26. The summed E-state index contributed by atoms with van der Waals surface area (Å²) in [4.78, 5) is 36.6. The number of aromatic nitrogens is 2. The first-order valence-corrected chi connectivity index (χ1v) is 13.9. The summed E-state index contributed by atoms with van der Waals surface area (Å²) in [6.45, 7) is 7.84. The number of ether oxygens (including phenoxy) is 6. The second kappa shape index (κ2) is 13.0. The first-order chi connectivity index (χ1) is 22.2. The Morgan fingerprint density at radius 3 is 2.11 bits per heavy atom. The van der Waals surface area contributed by atoms with E-state index < -0.39 is 17.6 Å². The molecule has 0 radical (unpaired) electrons. The van der Waals surface area contributed by atoms with E-state index in [4.69, 9.17) is 37.3 Å². The third-order valence-electron chi connectivity index (χ3n) is 6.96. The largest absolute Gasteiger partial charge is 0.492 e. The SMILES string of the molecule is C=c1cc2[nH]ncc3c(C(=O)OCC)c(OC)c(OC)c(o1)c3-2.CCOC(=O)c1c(OC)c(OC)c2oc(=O)cc3c2c1CN=N3. The van der Waals surface area contributed by atoms with Crippen LogP contribution in [-0.2, 0) is 16.0 Å². The van der Waals surface area contributed by atoms with Crippen LogP contribution in [0.5, 0.6) is 23.0 Å². The molecule has 0 saturated heterocycles. The zero-order valence-corrected chi connectivity index (χ0v) is 25.9. The van der Waals surface area contributed by atoms with E-state index in [2.05, 4.69) is 27.0 Å². The second-order valence-corrected chi connectivity index (χ2v) is 9.47. The van der Waals surface area contributed by atoms with Crippen LogP contribution in [0.2, 0.25) is 0 Å². The number of carbonyl (C=O) groups excluding carboxylic acids is 2. The van der Waals surface area contributed by atoms with Crippen molar-refractivity contribution in [1.29, 1.82) is 0 Å². The van der Waals surface area contributed by atoms with E-state index in [-0.39, 0.29) is 53.7 Å². The van der Waals surface area contributed by atoms with Crippen LogP contribution in [0.1, 0.15) is 40.1 Å². The van der Waals surface area contributed by atoms with Crippen molar-refractivity contribution in [3.63, 3.8) is 0 Å². The summed E-state index contributed by atoms with van der Waals surface area (Å²) >= 11 is 0. The minimum Gasteiger partial charge on any atom is -0.492 e. The molecule has 0 aliphatic carbocycles. The Hall–Kier alpha value is -5.86. The van der Waals surface area contributed by atoms with Gasteiger partial charge in [0, 0.05) is 17.0 Å². The number of hydrogen-bond acceptors (Lipinski definition) is 14. The molecule has 1 aromatic heterocycles. The molecule has 240 valence electrons. The molecule has 15 heteroatoms. The monoisotopic (exact) mass is 634 g/mol. The highest BCUT2D eigenvalue weighted by Gasteiger charge is 2.32. The molecule has 0 saturated carbocycles.